The minimum Gasteiger partial charge on any atom is -0.329 e. The van der Waals surface area contributed by atoms with Crippen LogP contribution in [0.2, 0.25) is 0 Å². The highest BCUT2D eigenvalue weighted by Gasteiger charge is 2.37. The number of hydrogen-bond donors (Lipinski definition) is 1. The number of nitrogens with two attached hydrogens (primary N) is 1. The van der Waals surface area contributed by atoms with Crippen molar-refractivity contribution < 1.29 is 0 Å². The molecule has 0 saturated carbocycles. The lowest BCUT2D eigenvalue weighted by atomic mass is 9.86. The van der Waals surface area contributed by atoms with E-state index in [0.29, 0.717) is 6.04 Å². The Bertz CT molecular complexity index is 226. The van der Waals surface area contributed by atoms with E-state index in [4.69, 9.17) is 5.73 Å². The molecule has 108 valence electrons. The molecule has 3 nitrogen and oxygen atoms in total. The number of nitrogens with zero attached hydrogens (tertiary/aromatic N) is 2. The summed E-state index contributed by atoms with van der Waals surface area (Å²) in [4.78, 5) is 5.23. The molecular formula is C15H33N3. The van der Waals surface area contributed by atoms with Crippen LogP contribution < -0.4 is 5.73 Å². The van der Waals surface area contributed by atoms with Gasteiger partial charge in [-0.05, 0) is 39.3 Å². The Hall–Kier alpha value is -0.120. The van der Waals surface area contributed by atoms with Gasteiger partial charge in [-0.15, -0.1) is 0 Å². The summed E-state index contributed by atoms with van der Waals surface area (Å²) in [5.41, 5.74) is 6.42. The molecule has 1 aliphatic rings. The van der Waals surface area contributed by atoms with Gasteiger partial charge in [-0.3, -0.25) is 4.90 Å². The van der Waals surface area contributed by atoms with Gasteiger partial charge < -0.3 is 10.6 Å². The van der Waals surface area contributed by atoms with Gasteiger partial charge in [0.25, 0.3) is 0 Å². The summed E-state index contributed by atoms with van der Waals surface area (Å²) >= 11 is 0. The first-order valence-corrected chi connectivity index (χ1v) is 7.78. The number of rotatable bonds is 6. The van der Waals surface area contributed by atoms with Crippen LogP contribution in [0.5, 0.6) is 0 Å². The quantitative estimate of drug-likeness (QED) is 0.790. The van der Waals surface area contributed by atoms with E-state index in [1.54, 1.807) is 0 Å². The first-order chi connectivity index (χ1) is 8.63. The molecule has 0 aliphatic carbocycles. The Morgan fingerprint density at radius 3 is 2.44 bits per heavy atom. The minimum absolute atomic E-state index is 0.237. The molecule has 1 rings (SSSR count). The zero-order chi connectivity index (χ0) is 13.6. The van der Waals surface area contributed by atoms with Crippen LogP contribution in [0.15, 0.2) is 0 Å². The maximum atomic E-state index is 6.18. The molecule has 0 amide bonds. The summed E-state index contributed by atoms with van der Waals surface area (Å²) in [5, 5.41) is 0. The summed E-state index contributed by atoms with van der Waals surface area (Å²) in [7, 11) is 2.25. The van der Waals surface area contributed by atoms with Crippen LogP contribution in [0.25, 0.3) is 0 Å². The van der Waals surface area contributed by atoms with E-state index in [0.717, 1.165) is 6.54 Å². The van der Waals surface area contributed by atoms with E-state index in [9.17, 15) is 0 Å². The zero-order valence-corrected chi connectivity index (χ0v) is 12.9. The van der Waals surface area contributed by atoms with Gasteiger partial charge in [-0.25, -0.2) is 0 Å². The molecule has 0 spiro atoms. The van der Waals surface area contributed by atoms with Gasteiger partial charge in [0.05, 0.1) is 0 Å². The molecule has 1 heterocycles. The Balaban J connectivity index is 2.91. The molecule has 1 saturated heterocycles. The van der Waals surface area contributed by atoms with Gasteiger partial charge in [0, 0.05) is 31.2 Å². The molecule has 0 radical (unpaired) electrons. The van der Waals surface area contributed by atoms with Gasteiger partial charge in [0.15, 0.2) is 0 Å². The summed E-state index contributed by atoms with van der Waals surface area (Å²) in [6, 6.07) is 0.674. The molecule has 0 aromatic carbocycles. The highest BCUT2D eigenvalue weighted by molar-refractivity contribution is 4.95. The molecule has 18 heavy (non-hydrogen) atoms. The predicted octanol–water partition coefficient (Wildman–Crippen LogP) is 2.31. The van der Waals surface area contributed by atoms with Gasteiger partial charge >= 0.3 is 0 Å². The van der Waals surface area contributed by atoms with Crippen LogP contribution in [-0.4, -0.2) is 54.6 Å². The second-order valence-electron chi connectivity index (χ2n) is 5.90. The predicted molar refractivity (Wildman–Crippen MR) is 79.9 cm³/mol. The lowest BCUT2D eigenvalue weighted by Gasteiger charge is -2.47. The molecular weight excluding hydrogens is 222 g/mol. The summed E-state index contributed by atoms with van der Waals surface area (Å²) in [6.45, 7) is 11.4. The molecule has 0 bridgehead atoms. The molecule has 2 N–H and O–H groups in total. The van der Waals surface area contributed by atoms with E-state index >= 15 is 0 Å². The highest BCUT2D eigenvalue weighted by Crippen LogP contribution is 2.29. The van der Waals surface area contributed by atoms with Crippen molar-refractivity contribution in [3.05, 3.63) is 0 Å². The maximum Gasteiger partial charge on any atom is 0.0332 e. The van der Waals surface area contributed by atoms with E-state index < -0.39 is 0 Å². The summed E-state index contributed by atoms with van der Waals surface area (Å²) < 4.78 is 0. The lowest BCUT2D eigenvalue weighted by molar-refractivity contribution is 0.0360. The second kappa shape index (κ2) is 7.46. The van der Waals surface area contributed by atoms with Crippen molar-refractivity contribution in [2.75, 3.05) is 33.2 Å². The third kappa shape index (κ3) is 3.46. The van der Waals surface area contributed by atoms with Crippen LogP contribution in [0.3, 0.4) is 0 Å². The van der Waals surface area contributed by atoms with Crippen LogP contribution in [-0.2, 0) is 0 Å². The lowest BCUT2D eigenvalue weighted by Crippen LogP contribution is -2.58. The third-order valence-electron chi connectivity index (χ3n) is 4.74. The van der Waals surface area contributed by atoms with Crippen molar-refractivity contribution >= 4 is 0 Å². The normalized spacial score (nSPS) is 26.8. The zero-order valence-electron chi connectivity index (χ0n) is 12.9. The van der Waals surface area contributed by atoms with E-state index in [-0.39, 0.29) is 5.54 Å². The van der Waals surface area contributed by atoms with Crippen molar-refractivity contribution in [2.24, 2.45) is 5.73 Å². The molecule has 0 aromatic rings. The SMILES string of the molecule is CCCC(CC)(CN)N1CCCN(C)CC1CC. The number of likely N-dealkylation sites (N-methyl/N-ethyl adjacent to an activating group) is 1. The fourth-order valence-electron chi connectivity index (χ4n) is 3.57. The summed E-state index contributed by atoms with van der Waals surface area (Å²) in [5.74, 6) is 0. The van der Waals surface area contributed by atoms with E-state index in [2.05, 4.69) is 37.6 Å². The number of hydrogen-bond acceptors (Lipinski definition) is 3. The molecule has 2 unspecified atom stereocenters. The standard InChI is InChI=1S/C15H33N3/c1-5-9-15(7-3,13-16)18-11-8-10-17(4)12-14(18)6-2/h14H,5-13,16H2,1-4H3. The third-order valence-corrected chi connectivity index (χ3v) is 4.74. The largest absolute Gasteiger partial charge is 0.329 e. The van der Waals surface area contributed by atoms with Gasteiger partial charge in [-0.1, -0.05) is 27.2 Å². The van der Waals surface area contributed by atoms with Crippen molar-refractivity contribution in [3.8, 4) is 0 Å². The van der Waals surface area contributed by atoms with E-state index in [1.165, 1.54) is 51.7 Å². The van der Waals surface area contributed by atoms with Crippen molar-refractivity contribution in [1.82, 2.24) is 9.80 Å². The highest BCUT2D eigenvalue weighted by atomic mass is 15.3. The van der Waals surface area contributed by atoms with Crippen LogP contribution in [0, 0.1) is 0 Å². The second-order valence-corrected chi connectivity index (χ2v) is 5.90. The maximum absolute atomic E-state index is 6.18. The monoisotopic (exact) mass is 255 g/mol. The average molecular weight is 255 g/mol. The topological polar surface area (TPSA) is 32.5 Å². The Kier molecular flexibility index (Phi) is 6.61. The summed E-state index contributed by atoms with van der Waals surface area (Å²) in [6.07, 6.45) is 6.15. The Labute approximate surface area is 114 Å². The van der Waals surface area contributed by atoms with Crippen molar-refractivity contribution in [2.45, 2.75) is 64.5 Å². The first-order valence-electron chi connectivity index (χ1n) is 7.78. The molecule has 2 atom stereocenters. The Morgan fingerprint density at radius 2 is 1.94 bits per heavy atom. The van der Waals surface area contributed by atoms with Gasteiger partial charge in [0.2, 0.25) is 0 Å². The van der Waals surface area contributed by atoms with Crippen molar-refractivity contribution in [3.63, 3.8) is 0 Å². The average Bonchev–Trinajstić information content (AvgIpc) is 2.58. The van der Waals surface area contributed by atoms with Crippen LogP contribution in [0.4, 0.5) is 0 Å². The fraction of sp³-hybridized carbons (Fsp3) is 1.00. The van der Waals surface area contributed by atoms with Crippen molar-refractivity contribution in [1.29, 1.82) is 0 Å². The smallest absolute Gasteiger partial charge is 0.0332 e. The molecule has 1 fully saturated rings. The first kappa shape index (κ1) is 15.9. The van der Waals surface area contributed by atoms with Crippen LogP contribution >= 0.6 is 0 Å². The van der Waals surface area contributed by atoms with Crippen LogP contribution in [0.1, 0.15) is 52.9 Å². The van der Waals surface area contributed by atoms with Gasteiger partial charge in [-0.2, -0.15) is 0 Å². The van der Waals surface area contributed by atoms with Gasteiger partial charge in [0.1, 0.15) is 0 Å². The fourth-order valence-corrected chi connectivity index (χ4v) is 3.57. The molecule has 3 heteroatoms. The van der Waals surface area contributed by atoms with E-state index in [1.807, 2.05) is 0 Å². The molecule has 0 aromatic heterocycles. The minimum atomic E-state index is 0.237. The Morgan fingerprint density at radius 1 is 1.22 bits per heavy atom. The molecule has 1 aliphatic heterocycles.